The molecule has 1 aliphatic heterocycles. The lowest BCUT2D eigenvalue weighted by Gasteiger charge is -2.58. The number of allylic oxidation sites excluding steroid dienone is 5. The van der Waals surface area contributed by atoms with Gasteiger partial charge in [0.15, 0.2) is 0 Å². The van der Waals surface area contributed by atoms with Crippen molar-refractivity contribution in [3.8, 4) is 0 Å². The number of nitrogens with zero attached hydrogens (tertiary/aromatic N) is 3. The van der Waals surface area contributed by atoms with Gasteiger partial charge in [-0.25, -0.2) is 0 Å². The molecule has 28 heavy (non-hydrogen) atoms. The van der Waals surface area contributed by atoms with Gasteiger partial charge in [0.1, 0.15) is 0 Å². The second-order valence-electron chi connectivity index (χ2n) is 9.80. The summed E-state index contributed by atoms with van der Waals surface area (Å²) < 4.78 is 0. The van der Waals surface area contributed by atoms with Gasteiger partial charge in [-0.3, -0.25) is 9.97 Å². The van der Waals surface area contributed by atoms with Gasteiger partial charge in [-0.15, -0.1) is 0 Å². The second kappa shape index (κ2) is 6.57. The number of hydrogen-bond acceptors (Lipinski definition) is 3. The molecule has 0 amide bonds. The van der Waals surface area contributed by atoms with E-state index in [1.807, 2.05) is 12.4 Å². The number of aromatic nitrogens is 2. The van der Waals surface area contributed by atoms with Gasteiger partial charge in [0.2, 0.25) is 0 Å². The summed E-state index contributed by atoms with van der Waals surface area (Å²) >= 11 is 0. The zero-order chi connectivity index (χ0) is 19.4. The lowest BCUT2D eigenvalue weighted by molar-refractivity contribution is -0.0114. The third-order valence-corrected chi connectivity index (χ3v) is 8.45. The highest BCUT2D eigenvalue weighted by atomic mass is 15.1. The Kier molecular flexibility index (Phi) is 4.26. The van der Waals surface area contributed by atoms with Crippen LogP contribution in [0.4, 0.5) is 0 Å². The topological polar surface area (TPSA) is 29.0 Å². The van der Waals surface area contributed by atoms with Crippen molar-refractivity contribution in [1.29, 1.82) is 0 Å². The lowest BCUT2D eigenvalue weighted by Crippen LogP contribution is -2.51. The molecule has 2 heterocycles. The first-order valence-electron chi connectivity index (χ1n) is 11.2. The Morgan fingerprint density at radius 1 is 1.11 bits per heavy atom. The number of hydrogen-bond donors (Lipinski definition) is 0. The average molecular weight is 376 g/mol. The molecule has 3 aliphatic carbocycles. The predicted octanol–water partition coefficient (Wildman–Crippen LogP) is 5.84. The van der Waals surface area contributed by atoms with Crippen LogP contribution in [0.25, 0.3) is 5.57 Å². The van der Waals surface area contributed by atoms with Crippen molar-refractivity contribution in [3.63, 3.8) is 0 Å². The standard InChI is InChI=1S/C25H33N3/c1-4-15-28-16-5-11-25(3)20-10-12-24(2)19(18(20)6-9-23(25)28)7-8-21(24)22-17-26-13-14-27-22/h5,8-9,13-14,16-20H,4,6-7,10-12,15H2,1-3H3. The Hall–Kier alpha value is -1.90. The molecule has 1 saturated carbocycles. The third-order valence-electron chi connectivity index (χ3n) is 8.45. The summed E-state index contributed by atoms with van der Waals surface area (Å²) in [6, 6.07) is 0. The van der Waals surface area contributed by atoms with Crippen molar-refractivity contribution in [2.45, 2.75) is 59.3 Å². The van der Waals surface area contributed by atoms with Gasteiger partial charge in [0, 0.05) is 30.1 Å². The van der Waals surface area contributed by atoms with E-state index in [0.717, 1.165) is 30.0 Å². The summed E-state index contributed by atoms with van der Waals surface area (Å²) in [6.07, 6.45) is 22.9. The van der Waals surface area contributed by atoms with E-state index in [4.69, 9.17) is 0 Å². The van der Waals surface area contributed by atoms with Gasteiger partial charge in [-0.1, -0.05) is 39.0 Å². The van der Waals surface area contributed by atoms with Crippen LogP contribution in [0.3, 0.4) is 0 Å². The number of fused-ring (bicyclic) bond motifs is 5. The van der Waals surface area contributed by atoms with E-state index in [0.29, 0.717) is 5.41 Å². The highest BCUT2D eigenvalue weighted by Gasteiger charge is 2.57. The zero-order valence-corrected chi connectivity index (χ0v) is 17.6. The fourth-order valence-corrected chi connectivity index (χ4v) is 7.12. The van der Waals surface area contributed by atoms with Crippen molar-refractivity contribution in [1.82, 2.24) is 14.9 Å². The summed E-state index contributed by atoms with van der Waals surface area (Å²) in [4.78, 5) is 11.5. The summed E-state index contributed by atoms with van der Waals surface area (Å²) in [6.45, 7) is 8.49. The molecule has 0 N–H and O–H groups in total. The molecule has 0 bridgehead atoms. The normalized spacial score (nSPS) is 39.0. The maximum atomic E-state index is 4.65. The van der Waals surface area contributed by atoms with E-state index in [-0.39, 0.29) is 5.41 Å². The molecule has 3 heteroatoms. The second-order valence-corrected chi connectivity index (χ2v) is 9.80. The van der Waals surface area contributed by atoms with E-state index in [2.05, 4.69) is 60.1 Å². The van der Waals surface area contributed by atoms with Gasteiger partial charge in [-0.2, -0.15) is 0 Å². The Morgan fingerprint density at radius 3 is 2.79 bits per heavy atom. The minimum absolute atomic E-state index is 0.256. The third kappa shape index (κ3) is 2.47. The Morgan fingerprint density at radius 2 is 2.00 bits per heavy atom. The van der Waals surface area contributed by atoms with Gasteiger partial charge < -0.3 is 4.90 Å². The van der Waals surface area contributed by atoms with E-state index >= 15 is 0 Å². The molecular weight excluding hydrogens is 342 g/mol. The monoisotopic (exact) mass is 375 g/mol. The molecule has 1 aromatic rings. The molecule has 0 aromatic carbocycles. The Labute approximate surface area is 169 Å². The van der Waals surface area contributed by atoms with Crippen LogP contribution < -0.4 is 0 Å². The van der Waals surface area contributed by atoms with E-state index in [1.165, 1.54) is 44.1 Å². The minimum atomic E-state index is 0.256. The van der Waals surface area contributed by atoms with Crippen LogP contribution >= 0.6 is 0 Å². The molecule has 1 aromatic heterocycles. The van der Waals surface area contributed by atoms with Gasteiger partial charge in [0.25, 0.3) is 0 Å². The van der Waals surface area contributed by atoms with Crippen LogP contribution in [0.2, 0.25) is 0 Å². The predicted molar refractivity (Wildman–Crippen MR) is 114 cm³/mol. The summed E-state index contributed by atoms with van der Waals surface area (Å²) in [5.41, 5.74) is 4.73. The summed E-state index contributed by atoms with van der Waals surface area (Å²) in [5.74, 6) is 2.32. The van der Waals surface area contributed by atoms with Crippen LogP contribution in [0.1, 0.15) is 65.0 Å². The maximum absolute atomic E-state index is 4.65. The van der Waals surface area contributed by atoms with E-state index < -0.39 is 0 Å². The van der Waals surface area contributed by atoms with Crippen molar-refractivity contribution >= 4 is 5.57 Å². The first-order chi connectivity index (χ1) is 13.6. The van der Waals surface area contributed by atoms with Gasteiger partial charge in [-0.05, 0) is 73.5 Å². The molecule has 0 radical (unpaired) electrons. The molecule has 1 fully saturated rings. The lowest BCUT2D eigenvalue weighted by atomic mass is 9.49. The van der Waals surface area contributed by atoms with Crippen LogP contribution in [-0.4, -0.2) is 21.4 Å². The first kappa shape index (κ1) is 18.1. The highest BCUT2D eigenvalue weighted by molar-refractivity contribution is 5.70. The largest absolute Gasteiger partial charge is 0.352 e. The minimum Gasteiger partial charge on any atom is -0.352 e. The summed E-state index contributed by atoms with van der Waals surface area (Å²) in [7, 11) is 0. The summed E-state index contributed by atoms with van der Waals surface area (Å²) in [5, 5.41) is 0. The Bertz CT molecular complexity index is 839. The molecular formula is C25H33N3. The van der Waals surface area contributed by atoms with Crippen molar-refractivity contribution in [3.05, 3.63) is 54.4 Å². The van der Waals surface area contributed by atoms with E-state index in [1.54, 1.807) is 11.9 Å². The maximum Gasteiger partial charge on any atom is 0.0847 e. The zero-order valence-electron chi connectivity index (χ0n) is 17.6. The van der Waals surface area contributed by atoms with Crippen molar-refractivity contribution in [2.75, 3.05) is 6.54 Å². The molecule has 4 aliphatic rings. The number of rotatable bonds is 3. The van der Waals surface area contributed by atoms with Crippen LogP contribution in [0, 0.1) is 28.6 Å². The first-order valence-corrected chi connectivity index (χ1v) is 11.2. The van der Waals surface area contributed by atoms with Crippen LogP contribution in [0.5, 0.6) is 0 Å². The van der Waals surface area contributed by atoms with Gasteiger partial charge >= 0.3 is 0 Å². The molecule has 148 valence electrons. The smallest absolute Gasteiger partial charge is 0.0847 e. The fourth-order valence-electron chi connectivity index (χ4n) is 7.12. The highest BCUT2D eigenvalue weighted by Crippen LogP contribution is 2.65. The Balaban J connectivity index is 1.47. The SMILES string of the molecule is CCCN1C=CCC2(C)C1=CCC1C3CC=C(c4cnccn4)C3(C)CCC12. The molecule has 5 rings (SSSR count). The molecule has 0 saturated heterocycles. The molecule has 0 spiro atoms. The fraction of sp³-hybridized carbons (Fsp3) is 0.600. The molecule has 5 atom stereocenters. The average Bonchev–Trinajstić information content (AvgIpc) is 3.06. The van der Waals surface area contributed by atoms with Crippen LogP contribution in [0.15, 0.2) is 48.7 Å². The van der Waals surface area contributed by atoms with Gasteiger partial charge in [0.05, 0.1) is 11.9 Å². The van der Waals surface area contributed by atoms with Crippen molar-refractivity contribution in [2.24, 2.45) is 28.6 Å². The van der Waals surface area contributed by atoms with Crippen LogP contribution in [-0.2, 0) is 0 Å². The van der Waals surface area contributed by atoms with Crippen molar-refractivity contribution < 1.29 is 0 Å². The van der Waals surface area contributed by atoms with E-state index in [9.17, 15) is 0 Å². The molecule has 5 unspecified atom stereocenters. The quantitative estimate of drug-likeness (QED) is 0.665. The molecule has 3 nitrogen and oxygen atoms in total.